The number of carbonyl (C=O) groups excluding carboxylic acids is 1. The number of anilines is 1. The fraction of sp³-hybridized carbons (Fsp3) is 0.452. The molecule has 2 aromatic carbocycles. The van der Waals surface area contributed by atoms with Gasteiger partial charge in [-0.25, -0.2) is 14.4 Å². The Morgan fingerprint density at radius 3 is 2.38 bits per heavy atom. The Hall–Kier alpha value is -3.28. The molecule has 4 fully saturated rings. The highest BCUT2D eigenvalue weighted by Crippen LogP contribution is 2.61. The number of rotatable bonds is 5. The van der Waals surface area contributed by atoms with Crippen molar-refractivity contribution in [1.82, 2.24) is 9.97 Å². The molecule has 4 saturated carbocycles. The number of halogens is 1. The van der Waals surface area contributed by atoms with Gasteiger partial charge in [0, 0.05) is 5.56 Å². The van der Waals surface area contributed by atoms with Gasteiger partial charge in [0.15, 0.2) is 5.82 Å². The lowest BCUT2D eigenvalue weighted by molar-refractivity contribution is -0.115. The first-order valence-electron chi connectivity index (χ1n) is 13.7. The van der Waals surface area contributed by atoms with Crippen LogP contribution in [0.4, 0.5) is 10.2 Å². The Labute approximate surface area is 216 Å². The van der Waals surface area contributed by atoms with Crippen molar-refractivity contribution >= 4 is 11.7 Å². The summed E-state index contributed by atoms with van der Waals surface area (Å²) in [7, 11) is 0. The molecule has 3 aromatic rings. The van der Waals surface area contributed by atoms with Gasteiger partial charge in [0.25, 0.3) is 0 Å². The number of aromatic hydroxyl groups is 1. The Balaban J connectivity index is 1.24. The number of phenols is 1. The predicted octanol–water partition coefficient (Wildman–Crippen LogP) is 6.03. The Morgan fingerprint density at radius 1 is 0.973 bits per heavy atom. The van der Waals surface area contributed by atoms with Crippen LogP contribution in [-0.4, -0.2) is 21.0 Å². The second-order valence-corrected chi connectivity index (χ2v) is 12.1. The van der Waals surface area contributed by atoms with E-state index in [1.54, 1.807) is 30.3 Å². The van der Waals surface area contributed by atoms with Crippen LogP contribution in [-0.2, 0) is 30.5 Å². The molecule has 1 aromatic heterocycles. The topological polar surface area (TPSA) is 75.1 Å². The van der Waals surface area contributed by atoms with Crippen molar-refractivity contribution in [3.63, 3.8) is 0 Å². The summed E-state index contributed by atoms with van der Waals surface area (Å²) in [5.74, 6) is 2.90. The monoisotopic (exact) mass is 497 g/mol. The molecule has 4 bridgehead atoms. The van der Waals surface area contributed by atoms with E-state index in [0.717, 1.165) is 57.9 Å². The number of fused-ring (bicyclic) bond motifs is 3. The van der Waals surface area contributed by atoms with Gasteiger partial charge in [-0.05, 0) is 122 Å². The van der Waals surface area contributed by atoms with Crippen molar-refractivity contribution in [3.05, 3.63) is 70.8 Å². The predicted molar refractivity (Wildman–Crippen MR) is 140 cm³/mol. The van der Waals surface area contributed by atoms with Crippen LogP contribution in [0.2, 0.25) is 0 Å². The molecular formula is C31H32FN3O2. The largest absolute Gasteiger partial charge is 0.508 e. The number of nitrogens with one attached hydrogen (secondary N) is 1. The molecule has 0 saturated heterocycles. The number of amides is 1. The summed E-state index contributed by atoms with van der Waals surface area (Å²) in [5, 5.41) is 12.7. The lowest BCUT2D eigenvalue weighted by atomic mass is 9.48. The lowest BCUT2D eigenvalue weighted by Crippen LogP contribution is -2.47. The molecule has 8 rings (SSSR count). The van der Waals surface area contributed by atoms with E-state index in [4.69, 9.17) is 9.97 Å². The summed E-state index contributed by atoms with van der Waals surface area (Å²) in [6, 6.07) is 11.7. The van der Waals surface area contributed by atoms with Gasteiger partial charge in [-0.3, -0.25) is 4.79 Å². The summed E-state index contributed by atoms with van der Waals surface area (Å²) in [4.78, 5) is 23.3. The number of carbonyl (C=O) groups is 1. The zero-order valence-corrected chi connectivity index (χ0v) is 21.0. The van der Waals surface area contributed by atoms with Crippen LogP contribution in [0.1, 0.15) is 61.0 Å². The molecule has 5 nitrogen and oxygen atoms in total. The first kappa shape index (κ1) is 22.9. The van der Waals surface area contributed by atoms with Crippen LogP contribution in [0.25, 0.3) is 11.3 Å². The molecule has 190 valence electrons. The number of hydrogen-bond donors (Lipinski definition) is 2. The second kappa shape index (κ2) is 8.64. The molecule has 37 heavy (non-hydrogen) atoms. The molecule has 1 heterocycles. The fourth-order valence-corrected chi connectivity index (χ4v) is 8.21. The summed E-state index contributed by atoms with van der Waals surface area (Å²) >= 11 is 0. The Bertz CT molecular complexity index is 1350. The number of phenolic OH excluding ortho intramolecular Hbond substituents is 1. The average molecular weight is 498 g/mol. The summed E-state index contributed by atoms with van der Waals surface area (Å²) in [6.45, 7) is 0. The molecule has 5 aliphatic rings. The molecule has 1 amide bonds. The van der Waals surface area contributed by atoms with Gasteiger partial charge in [0.1, 0.15) is 11.6 Å². The Morgan fingerprint density at radius 2 is 1.68 bits per heavy atom. The molecule has 6 heteroatoms. The van der Waals surface area contributed by atoms with Crippen LogP contribution in [0, 0.1) is 29.0 Å². The summed E-state index contributed by atoms with van der Waals surface area (Å²) < 4.78 is 14.0. The molecule has 5 aliphatic carbocycles. The third-order valence-corrected chi connectivity index (χ3v) is 9.26. The van der Waals surface area contributed by atoms with Gasteiger partial charge in [0.05, 0.1) is 23.5 Å². The highest BCUT2D eigenvalue weighted by Gasteiger charge is 2.51. The molecule has 0 aliphatic heterocycles. The maximum Gasteiger partial charge on any atom is 0.229 e. The van der Waals surface area contributed by atoms with Crippen molar-refractivity contribution in [1.29, 1.82) is 0 Å². The quantitative estimate of drug-likeness (QED) is 0.452. The fourth-order valence-electron chi connectivity index (χ4n) is 8.21. The van der Waals surface area contributed by atoms with Gasteiger partial charge in [-0.2, -0.15) is 0 Å². The first-order chi connectivity index (χ1) is 17.9. The van der Waals surface area contributed by atoms with Gasteiger partial charge < -0.3 is 10.4 Å². The van der Waals surface area contributed by atoms with Crippen molar-refractivity contribution in [2.45, 2.75) is 64.2 Å². The van der Waals surface area contributed by atoms with E-state index in [2.05, 4.69) is 5.32 Å². The molecule has 2 N–H and O–H groups in total. The average Bonchev–Trinajstić information content (AvgIpc) is 2.84. The zero-order valence-electron chi connectivity index (χ0n) is 21.0. The minimum atomic E-state index is -0.220. The van der Waals surface area contributed by atoms with Gasteiger partial charge >= 0.3 is 0 Å². The third-order valence-electron chi connectivity index (χ3n) is 9.26. The maximum atomic E-state index is 14.0. The number of nitrogens with zero attached hydrogens (tertiary/aromatic N) is 2. The van der Waals surface area contributed by atoms with Gasteiger partial charge in [-0.1, -0.05) is 12.1 Å². The highest BCUT2D eigenvalue weighted by atomic mass is 19.1. The molecular weight excluding hydrogens is 465 g/mol. The second-order valence-electron chi connectivity index (χ2n) is 12.1. The molecule has 0 unspecified atom stereocenters. The van der Waals surface area contributed by atoms with E-state index in [-0.39, 0.29) is 29.3 Å². The standard InChI is InChI=1S/C31H32FN3O2/c32-23-4-7-25-22(13-23)3-8-26-29(25)33-27(17-31-14-19-9-20(15-31)11-21(10-19)16-31)30(34-26)35-28(37)12-18-1-5-24(36)6-2-18/h1-2,4-7,13,19-21,36H,3,8-12,14-17H2,(H,34,35,37). The minimum Gasteiger partial charge on any atom is -0.508 e. The molecule has 0 spiro atoms. The number of benzene rings is 2. The van der Waals surface area contributed by atoms with E-state index in [1.807, 2.05) is 6.07 Å². The maximum absolute atomic E-state index is 14.0. The molecule has 0 radical (unpaired) electrons. The summed E-state index contributed by atoms with van der Waals surface area (Å²) in [5.41, 5.74) is 5.60. The van der Waals surface area contributed by atoms with Crippen LogP contribution < -0.4 is 5.32 Å². The van der Waals surface area contributed by atoms with Crippen LogP contribution >= 0.6 is 0 Å². The van der Waals surface area contributed by atoms with Crippen LogP contribution in [0.15, 0.2) is 42.5 Å². The number of aryl methyl sites for hydroxylation is 2. The SMILES string of the molecule is O=C(Cc1ccc(O)cc1)Nc1nc2c(nc1CC13CC4CC(CC(C4)C1)C3)-c1ccc(F)cc1CC2. The van der Waals surface area contributed by atoms with Crippen LogP contribution in [0.5, 0.6) is 5.75 Å². The highest BCUT2D eigenvalue weighted by molar-refractivity contribution is 5.92. The van der Waals surface area contributed by atoms with Crippen molar-refractivity contribution in [2.75, 3.05) is 5.32 Å². The Kier molecular flexibility index (Phi) is 5.34. The van der Waals surface area contributed by atoms with E-state index < -0.39 is 0 Å². The summed E-state index contributed by atoms with van der Waals surface area (Å²) in [6.07, 6.45) is 10.3. The van der Waals surface area contributed by atoms with E-state index in [9.17, 15) is 14.3 Å². The first-order valence-corrected chi connectivity index (χ1v) is 13.7. The zero-order chi connectivity index (χ0) is 25.1. The van der Waals surface area contributed by atoms with Gasteiger partial charge in [0.2, 0.25) is 5.91 Å². The third kappa shape index (κ3) is 4.30. The van der Waals surface area contributed by atoms with Crippen molar-refractivity contribution < 1.29 is 14.3 Å². The van der Waals surface area contributed by atoms with Crippen molar-refractivity contribution in [2.24, 2.45) is 23.2 Å². The van der Waals surface area contributed by atoms with E-state index in [0.29, 0.717) is 18.7 Å². The molecule has 0 atom stereocenters. The van der Waals surface area contributed by atoms with Crippen molar-refractivity contribution in [3.8, 4) is 17.0 Å². The van der Waals surface area contributed by atoms with Crippen LogP contribution in [0.3, 0.4) is 0 Å². The smallest absolute Gasteiger partial charge is 0.229 e. The number of aromatic nitrogens is 2. The van der Waals surface area contributed by atoms with E-state index in [1.165, 1.54) is 44.6 Å². The lowest BCUT2D eigenvalue weighted by Gasteiger charge is -2.57. The normalized spacial score (nSPS) is 27.0. The van der Waals surface area contributed by atoms with Gasteiger partial charge in [-0.15, -0.1) is 0 Å². The minimum absolute atomic E-state index is 0.134. The number of hydrogen-bond acceptors (Lipinski definition) is 4. The van der Waals surface area contributed by atoms with E-state index >= 15 is 0 Å².